The zero-order valence-corrected chi connectivity index (χ0v) is 12.0. The third-order valence-electron chi connectivity index (χ3n) is 3.66. The van der Waals surface area contributed by atoms with Crippen molar-refractivity contribution in [2.75, 3.05) is 13.1 Å². The lowest BCUT2D eigenvalue weighted by Gasteiger charge is -2.33. The Balaban J connectivity index is 1.88. The monoisotopic (exact) mass is 274 g/mol. The van der Waals surface area contributed by atoms with Gasteiger partial charge in [0.25, 0.3) is 0 Å². The highest BCUT2D eigenvalue weighted by Gasteiger charge is 2.24. The molecule has 2 rings (SSSR count). The maximum Gasteiger partial charge on any atom is 0.227 e. The lowest BCUT2D eigenvalue weighted by molar-refractivity contribution is -0.133. The topological polar surface area (TPSA) is 49.4 Å². The Hall–Kier alpha value is -1.84. The van der Waals surface area contributed by atoms with Crippen LogP contribution in [-0.2, 0) is 16.0 Å². The quantitative estimate of drug-likeness (QED) is 0.909. The van der Waals surface area contributed by atoms with Crippen LogP contribution in [0, 0.1) is 0 Å². The van der Waals surface area contributed by atoms with Crippen molar-refractivity contribution in [1.82, 2.24) is 10.2 Å². The van der Waals surface area contributed by atoms with E-state index in [1.807, 2.05) is 42.2 Å². The number of hydrogen-bond acceptors (Lipinski definition) is 2. The van der Waals surface area contributed by atoms with Gasteiger partial charge in [0, 0.05) is 25.6 Å². The fourth-order valence-corrected chi connectivity index (χ4v) is 2.53. The number of rotatable bonds is 4. The molecule has 0 aliphatic carbocycles. The summed E-state index contributed by atoms with van der Waals surface area (Å²) in [5.41, 5.74) is 1.04. The summed E-state index contributed by atoms with van der Waals surface area (Å²) in [6, 6.07) is 9.89. The average Bonchev–Trinajstić information content (AvgIpc) is 2.48. The highest BCUT2D eigenvalue weighted by molar-refractivity contribution is 5.79. The van der Waals surface area contributed by atoms with Crippen LogP contribution in [0.2, 0.25) is 0 Å². The molecule has 20 heavy (non-hydrogen) atoms. The predicted octanol–water partition coefficient (Wildman–Crippen LogP) is 1.75. The van der Waals surface area contributed by atoms with Crippen molar-refractivity contribution in [3.63, 3.8) is 0 Å². The molecule has 1 fully saturated rings. The molecule has 0 spiro atoms. The maximum atomic E-state index is 12.3. The van der Waals surface area contributed by atoms with Gasteiger partial charge in [0.2, 0.25) is 11.8 Å². The van der Waals surface area contributed by atoms with Crippen molar-refractivity contribution < 1.29 is 9.59 Å². The highest BCUT2D eigenvalue weighted by atomic mass is 16.2. The van der Waals surface area contributed by atoms with E-state index < -0.39 is 0 Å². The third kappa shape index (κ3) is 4.08. The summed E-state index contributed by atoms with van der Waals surface area (Å²) in [5, 5.41) is 2.98. The van der Waals surface area contributed by atoms with E-state index in [-0.39, 0.29) is 17.9 Å². The van der Waals surface area contributed by atoms with Gasteiger partial charge in [0.15, 0.2) is 0 Å². The fraction of sp³-hybridized carbons (Fsp3) is 0.500. The normalized spacial score (nSPS) is 18.6. The smallest absolute Gasteiger partial charge is 0.227 e. The summed E-state index contributed by atoms with van der Waals surface area (Å²) in [6.07, 6.45) is 2.85. The summed E-state index contributed by atoms with van der Waals surface area (Å²) < 4.78 is 0. The molecule has 1 N–H and O–H groups in total. The van der Waals surface area contributed by atoms with E-state index in [2.05, 4.69) is 5.32 Å². The van der Waals surface area contributed by atoms with Gasteiger partial charge >= 0.3 is 0 Å². The Labute approximate surface area is 120 Å². The molecule has 0 aromatic heterocycles. The van der Waals surface area contributed by atoms with Crippen molar-refractivity contribution in [2.24, 2.45) is 0 Å². The first-order valence-electron chi connectivity index (χ1n) is 7.30. The largest absolute Gasteiger partial charge is 0.352 e. The summed E-state index contributed by atoms with van der Waals surface area (Å²) in [5.74, 6) is 0.207. The van der Waals surface area contributed by atoms with Gasteiger partial charge in [0.1, 0.15) is 0 Å². The van der Waals surface area contributed by atoms with E-state index in [9.17, 15) is 9.59 Å². The first-order chi connectivity index (χ1) is 9.69. The molecule has 1 heterocycles. The van der Waals surface area contributed by atoms with E-state index in [1.54, 1.807) is 0 Å². The first kappa shape index (κ1) is 14.6. The molecule has 1 atom stereocenters. The van der Waals surface area contributed by atoms with Gasteiger partial charge in [-0.15, -0.1) is 0 Å². The summed E-state index contributed by atoms with van der Waals surface area (Å²) in [7, 11) is 0. The number of likely N-dealkylation sites (tertiary alicyclic amines) is 1. The van der Waals surface area contributed by atoms with Crippen LogP contribution in [0.5, 0.6) is 0 Å². The molecular weight excluding hydrogens is 252 g/mol. The molecule has 1 aromatic carbocycles. The molecule has 1 aliphatic heterocycles. The summed E-state index contributed by atoms with van der Waals surface area (Å²) in [6.45, 7) is 3.28. The third-order valence-corrected chi connectivity index (χ3v) is 3.66. The van der Waals surface area contributed by atoms with Gasteiger partial charge in [-0.3, -0.25) is 9.59 Å². The second kappa shape index (κ2) is 7.08. The lowest BCUT2D eigenvalue weighted by atomic mass is 10.0. The van der Waals surface area contributed by atoms with E-state index >= 15 is 0 Å². The Morgan fingerprint density at radius 2 is 2.05 bits per heavy atom. The predicted molar refractivity (Wildman–Crippen MR) is 78.2 cm³/mol. The van der Waals surface area contributed by atoms with Crippen molar-refractivity contribution >= 4 is 11.8 Å². The minimum Gasteiger partial charge on any atom is -0.352 e. The minimum absolute atomic E-state index is 0.0624. The second-order valence-corrected chi connectivity index (χ2v) is 5.26. The molecule has 0 bridgehead atoms. The Bertz CT molecular complexity index is 459. The molecule has 4 nitrogen and oxygen atoms in total. The van der Waals surface area contributed by atoms with Crippen molar-refractivity contribution in [1.29, 1.82) is 0 Å². The van der Waals surface area contributed by atoms with Crippen molar-refractivity contribution in [3.8, 4) is 0 Å². The fourth-order valence-electron chi connectivity index (χ4n) is 2.53. The van der Waals surface area contributed by atoms with Crippen LogP contribution < -0.4 is 5.32 Å². The molecule has 1 saturated heterocycles. The number of benzene rings is 1. The van der Waals surface area contributed by atoms with E-state index in [0.29, 0.717) is 19.4 Å². The van der Waals surface area contributed by atoms with Gasteiger partial charge in [-0.2, -0.15) is 0 Å². The van der Waals surface area contributed by atoms with Crippen LogP contribution in [0.4, 0.5) is 0 Å². The van der Waals surface area contributed by atoms with Crippen LogP contribution in [0.15, 0.2) is 30.3 Å². The Kier molecular flexibility index (Phi) is 5.16. The Morgan fingerprint density at radius 3 is 2.75 bits per heavy atom. The van der Waals surface area contributed by atoms with E-state index in [4.69, 9.17) is 0 Å². The van der Waals surface area contributed by atoms with Crippen molar-refractivity contribution in [2.45, 2.75) is 38.6 Å². The zero-order chi connectivity index (χ0) is 14.4. The lowest BCUT2D eigenvalue weighted by Crippen LogP contribution is -2.49. The van der Waals surface area contributed by atoms with Crippen LogP contribution in [-0.4, -0.2) is 35.8 Å². The summed E-state index contributed by atoms with van der Waals surface area (Å²) >= 11 is 0. The standard InChI is InChI=1S/C16H22N2O2/c1-2-15(19)17-14-9-6-10-18(12-14)16(20)11-13-7-4-3-5-8-13/h3-5,7-8,14H,2,6,9-12H2,1H3,(H,17,19). The molecule has 4 heteroatoms. The van der Waals surface area contributed by atoms with Crippen LogP contribution in [0.1, 0.15) is 31.7 Å². The van der Waals surface area contributed by atoms with Crippen molar-refractivity contribution in [3.05, 3.63) is 35.9 Å². The molecule has 0 radical (unpaired) electrons. The number of piperidine rings is 1. The summed E-state index contributed by atoms with van der Waals surface area (Å²) in [4.78, 5) is 25.6. The maximum absolute atomic E-state index is 12.3. The van der Waals surface area contributed by atoms with Crippen LogP contribution in [0.3, 0.4) is 0 Å². The number of amides is 2. The van der Waals surface area contributed by atoms with E-state index in [0.717, 1.165) is 24.9 Å². The van der Waals surface area contributed by atoms with Gasteiger partial charge in [0.05, 0.1) is 6.42 Å². The molecule has 1 unspecified atom stereocenters. The van der Waals surface area contributed by atoms with Crippen LogP contribution >= 0.6 is 0 Å². The highest BCUT2D eigenvalue weighted by Crippen LogP contribution is 2.12. The van der Waals surface area contributed by atoms with Gasteiger partial charge in [-0.1, -0.05) is 37.3 Å². The second-order valence-electron chi connectivity index (χ2n) is 5.26. The number of carbonyl (C=O) groups is 2. The molecular formula is C16H22N2O2. The number of nitrogens with zero attached hydrogens (tertiary/aromatic N) is 1. The number of nitrogens with one attached hydrogen (secondary N) is 1. The van der Waals surface area contributed by atoms with Gasteiger partial charge in [-0.25, -0.2) is 0 Å². The average molecular weight is 274 g/mol. The number of hydrogen-bond donors (Lipinski definition) is 1. The molecule has 108 valence electrons. The number of carbonyl (C=O) groups excluding carboxylic acids is 2. The van der Waals surface area contributed by atoms with E-state index in [1.165, 1.54) is 0 Å². The molecule has 0 saturated carbocycles. The molecule has 1 aliphatic rings. The SMILES string of the molecule is CCC(=O)NC1CCCN(C(=O)Cc2ccccc2)C1. The zero-order valence-electron chi connectivity index (χ0n) is 12.0. The molecule has 1 aromatic rings. The minimum atomic E-state index is 0.0624. The van der Waals surface area contributed by atoms with Gasteiger partial charge in [-0.05, 0) is 18.4 Å². The van der Waals surface area contributed by atoms with Gasteiger partial charge < -0.3 is 10.2 Å². The van der Waals surface area contributed by atoms with Crippen LogP contribution in [0.25, 0.3) is 0 Å². The Morgan fingerprint density at radius 1 is 1.30 bits per heavy atom. The first-order valence-corrected chi connectivity index (χ1v) is 7.30. The molecule has 2 amide bonds.